The van der Waals surface area contributed by atoms with Crippen LogP contribution in [0.15, 0.2) is 61.1 Å². The van der Waals surface area contributed by atoms with Crippen LogP contribution in [-0.4, -0.2) is 48.1 Å². The number of rotatable bonds is 7. The fourth-order valence-electron chi connectivity index (χ4n) is 4.18. The highest BCUT2D eigenvalue weighted by Gasteiger charge is 2.18. The molecule has 5 aromatic rings. The lowest BCUT2D eigenvalue weighted by Gasteiger charge is -2.10. The number of anilines is 1. The number of halogens is 1. The van der Waals surface area contributed by atoms with Gasteiger partial charge in [-0.05, 0) is 69.0 Å². The number of pyridine rings is 1. The third kappa shape index (κ3) is 4.76. The SMILES string of the molecule is Cc1nn(C)cc1CNc1nccc(-c2c(-c3ccc(F)cc3)nc3cc(CN(C)C)ccn23)n1. The van der Waals surface area contributed by atoms with Gasteiger partial charge in [0.15, 0.2) is 0 Å². The van der Waals surface area contributed by atoms with Gasteiger partial charge in [-0.25, -0.2) is 19.3 Å². The lowest BCUT2D eigenvalue weighted by Crippen LogP contribution is -2.10. The molecule has 0 saturated heterocycles. The summed E-state index contributed by atoms with van der Waals surface area (Å²) in [6.07, 6.45) is 5.72. The number of aryl methyl sites for hydroxylation is 2. The topological polar surface area (TPSA) is 76.2 Å². The number of fused-ring (bicyclic) bond motifs is 1. The quantitative estimate of drug-likeness (QED) is 0.382. The molecule has 0 atom stereocenters. The van der Waals surface area contributed by atoms with E-state index in [1.807, 2.05) is 50.9 Å². The summed E-state index contributed by atoms with van der Waals surface area (Å²) in [7, 11) is 5.97. The molecule has 9 heteroatoms. The van der Waals surface area contributed by atoms with Crippen molar-refractivity contribution < 1.29 is 4.39 Å². The van der Waals surface area contributed by atoms with Gasteiger partial charge in [-0.15, -0.1) is 0 Å². The van der Waals surface area contributed by atoms with E-state index in [4.69, 9.17) is 9.97 Å². The van der Waals surface area contributed by atoms with Gasteiger partial charge >= 0.3 is 0 Å². The minimum Gasteiger partial charge on any atom is -0.350 e. The van der Waals surface area contributed by atoms with Gasteiger partial charge in [-0.2, -0.15) is 5.10 Å². The summed E-state index contributed by atoms with van der Waals surface area (Å²) in [6, 6.07) is 12.4. The maximum Gasteiger partial charge on any atom is 0.223 e. The molecule has 0 aliphatic heterocycles. The van der Waals surface area contributed by atoms with Gasteiger partial charge in [0.25, 0.3) is 0 Å². The Morgan fingerprint density at radius 2 is 1.86 bits per heavy atom. The highest BCUT2D eigenvalue weighted by atomic mass is 19.1. The molecule has 0 radical (unpaired) electrons. The van der Waals surface area contributed by atoms with E-state index in [-0.39, 0.29) is 5.82 Å². The minimum absolute atomic E-state index is 0.286. The zero-order valence-electron chi connectivity index (χ0n) is 20.2. The summed E-state index contributed by atoms with van der Waals surface area (Å²) >= 11 is 0. The third-order valence-corrected chi connectivity index (χ3v) is 5.76. The molecule has 0 aliphatic carbocycles. The number of nitrogens with zero attached hydrogens (tertiary/aromatic N) is 7. The smallest absolute Gasteiger partial charge is 0.223 e. The molecule has 4 aromatic heterocycles. The van der Waals surface area contributed by atoms with Crippen molar-refractivity contribution in [2.45, 2.75) is 20.0 Å². The van der Waals surface area contributed by atoms with E-state index in [1.54, 1.807) is 23.0 Å². The minimum atomic E-state index is -0.286. The number of benzene rings is 1. The molecule has 0 aliphatic rings. The fourth-order valence-corrected chi connectivity index (χ4v) is 4.18. The van der Waals surface area contributed by atoms with Gasteiger partial charge in [0, 0.05) is 49.9 Å². The Hall–Kier alpha value is -4.11. The van der Waals surface area contributed by atoms with Crippen molar-refractivity contribution in [1.29, 1.82) is 0 Å². The maximum absolute atomic E-state index is 13.6. The van der Waals surface area contributed by atoms with Crippen molar-refractivity contribution in [2.24, 2.45) is 7.05 Å². The normalized spacial score (nSPS) is 11.5. The Morgan fingerprint density at radius 3 is 2.57 bits per heavy atom. The van der Waals surface area contributed by atoms with E-state index in [2.05, 4.69) is 32.4 Å². The fraction of sp³-hybridized carbons (Fsp3) is 0.231. The van der Waals surface area contributed by atoms with E-state index >= 15 is 0 Å². The molecule has 0 bridgehead atoms. The molecule has 1 N–H and O–H groups in total. The lowest BCUT2D eigenvalue weighted by molar-refractivity contribution is 0.402. The molecule has 0 fully saturated rings. The Bertz CT molecular complexity index is 1480. The largest absolute Gasteiger partial charge is 0.350 e. The predicted molar refractivity (Wildman–Crippen MR) is 134 cm³/mol. The molecule has 1 aromatic carbocycles. The van der Waals surface area contributed by atoms with E-state index in [0.717, 1.165) is 51.7 Å². The van der Waals surface area contributed by atoms with Gasteiger partial charge in [0.2, 0.25) is 5.95 Å². The zero-order valence-corrected chi connectivity index (χ0v) is 20.2. The van der Waals surface area contributed by atoms with E-state index in [0.29, 0.717) is 12.5 Å². The van der Waals surface area contributed by atoms with Crippen LogP contribution in [0.5, 0.6) is 0 Å². The molecule has 0 saturated carbocycles. The van der Waals surface area contributed by atoms with Crippen molar-refractivity contribution in [1.82, 2.24) is 34.0 Å². The standard InChI is InChI=1S/C26H27FN8/c1-17-20(16-34(4)32-17)14-29-26-28-11-9-22(30-26)25-24(19-5-7-21(27)8-6-19)31-23-13-18(15-33(2)3)10-12-35(23)25/h5-13,16H,14-15H2,1-4H3,(H,28,29,30). The first-order chi connectivity index (χ1) is 16.9. The van der Waals surface area contributed by atoms with Crippen molar-refractivity contribution in [2.75, 3.05) is 19.4 Å². The highest BCUT2D eigenvalue weighted by Crippen LogP contribution is 2.32. The van der Waals surface area contributed by atoms with E-state index < -0.39 is 0 Å². The van der Waals surface area contributed by atoms with Crippen molar-refractivity contribution in [3.05, 3.63) is 83.7 Å². The van der Waals surface area contributed by atoms with Crippen LogP contribution in [-0.2, 0) is 20.1 Å². The van der Waals surface area contributed by atoms with Gasteiger partial charge in [-0.1, -0.05) is 0 Å². The molecule has 0 amide bonds. The second kappa shape index (κ2) is 9.27. The van der Waals surface area contributed by atoms with E-state index in [1.165, 1.54) is 12.1 Å². The Balaban J connectivity index is 1.57. The van der Waals surface area contributed by atoms with Crippen molar-refractivity contribution in [3.8, 4) is 22.6 Å². The van der Waals surface area contributed by atoms with Gasteiger partial charge in [0.1, 0.15) is 11.5 Å². The molecule has 8 nitrogen and oxygen atoms in total. The van der Waals surface area contributed by atoms with Crippen LogP contribution in [0, 0.1) is 12.7 Å². The summed E-state index contributed by atoms with van der Waals surface area (Å²) in [5.41, 5.74) is 7.10. The number of hydrogen-bond acceptors (Lipinski definition) is 6. The van der Waals surface area contributed by atoms with Gasteiger partial charge in [0.05, 0.1) is 22.8 Å². The number of nitrogens with one attached hydrogen (secondary N) is 1. The van der Waals surface area contributed by atoms with Crippen LogP contribution >= 0.6 is 0 Å². The van der Waals surface area contributed by atoms with Crippen LogP contribution < -0.4 is 5.32 Å². The second-order valence-electron chi connectivity index (χ2n) is 8.85. The Morgan fingerprint density at radius 1 is 1.06 bits per heavy atom. The summed E-state index contributed by atoms with van der Waals surface area (Å²) in [5.74, 6) is 0.224. The molecule has 0 spiro atoms. The average Bonchev–Trinajstić information content (AvgIpc) is 3.36. The van der Waals surface area contributed by atoms with Crippen LogP contribution in [0.2, 0.25) is 0 Å². The maximum atomic E-state index is 13.6. The third-order valence-electron chi connectivity index (χ3n) is 5.76. The summed E-state index contributed by atoms with van der Waals surface area (Å²) in [4.78, 5) is 16.2. The van der Waals surface area contributed by atoms with Crippen LogP contribution in [0.3, 0.4) is 0 Å². The van der Waals surface area contributed by atoms with Crippen molar-refractivity contribution in [3.63, 3.8) is 0 Å². The molecule has 178 valence electrons. The lowest BCUT2D eigenvalue weighted by atomic mass is 10.1. The average molecular weight is 471 g/mol. The Kier molecular flexibility index (Phi) is 6.00. The van der Waals surface area contributed by atoms with E-state index in [9.17, 15) is 4.39 Å². The molecular formula is C26H27FN8. The van der Waals surface area contributed by atoms with Crippen molar-refractivity contribution >= 4 is 11.6 Å². The van der Waals surface area contributed by atoms with Gasteiger partial charge < -0.3 is 10.2 Å². The predicted octanol–water partition coefficient (Wildman–Crippen LogP) is 4.31. The summed E-state index contributed by atoms with van der Waals surface area (Å²) in [5, 5.41) is 7.69. The number of aromatic nitrogens is 6. The van der Waals surface area contributed by atoms with Crippen LogP contribution in [0.25, 0.3) is 28.3 Å². The first kappa shape index (κ1) is 22.7. The van der Waals surface area contributed by atoms with Gasteiger partial charge in [-0.3, -0.25) is 9.08 Å². The molecule has 5 rings (SSSR count). The Labute approximate surface area is 203 Å². The van der Waals surface area contributed by atoms with Crippen LogP contribution in [0.4, 0.5) is 10.3 Å². The summed E-state index contributed by atoms with van der Waals surface area (Å²) in [6.45, 7) is 3.35. The molecule has 35 heavy (non-hydrogen) atoms. The molecule has 0 unspecified atom stereocenters. The highest BCUT2D eigenvalue weighted by molar-refractivity contribution is 5.80. The van der Waals surface area contributed by atoms with Crippen LogP contribution in [0.1, 0.15) is 16.8 Å². The number of hydrogen-bond donors (Lipinski definition) is 1. The second-order valence-corrected chi connectivity index (χ2v) is 8.85. The first-order valence-electron chi connectivity index (χ1n) is 11.4. The molecular weight excluding hydrogens is 443 g/mol. The summed E-state index contributed by atoms with van der Waals surface area (Å²) < 4.78 is 17.5. The monoisotopic (exact) mass is 470 g/mol. The zero-order chi connectivity index (χ0) is 24.5. The first-order valence-corrected chi connectivity index (χ1v) is 11.4. The number of imidazole rings is 1. The molecule has 4 heterocycles.